The number of hydrogen-bond acceptors (Lipinski definition) is 3. The average Bonchev–Trinajstić information content (AvgIpc) is 2.93. The van der Waals surface area contributed by atoms with Crippen LogP contribution < -0.4 is 4.90 Å². The zero-order valence-corrected chi connectivity index (χ0v) is 17.6. The Morgan fingerprint density at radius 2 is 1.73 bits per heavy atom. The van der Waals surface area contributed by atoms with Gasteiger partial charge in [-0.1, -0.05) is 65.7 Å². The molecule has 1 N–H and O–H groups in total. The minimum atomic E-state index is -1.91. The summed E-state index contributed by atoms with van der Waals surface area (Å²) in [6, 6.07) is 19.9. The molecule has 0 spiro atoms. The van der Waals surface area contributed by atoms with E-state index in [1.165, 1.54) is 4.90 Å². The Morgan fingerprint density at radius 3 is 2.50 bits per heavy atom. The molecular weight excluding hydrogens is 398 g/mol. The highest BCUT2D eigenvalue weighted by Gasteiger charge is 2.50. The van der Waals surface area contributed by atoms with E-state index < -0.39 is 11.5 Å². The molecule has 0 fully saturated rings. The highest BCUT2D eigenvalue weighted by molar-refractivity contribution is 6.31. The lowest BCUT2D eigenvalue weighted by molar-refractivity contribution is -0.136. The molecule has 0 aliphatic carbocycles. The van der Waals surface area contributed by atoms with Crippen molar-refractivity contribution in [3.05, 3.63) is 99.6 Å². The number of Topliss-reactive ketones (excluding diaryl/α,β-unsaturated/α-hetero) is 1. The zero-order valence-electron chi connectivity index (χ0n) is 16.9. The molecule has 1 aliphatic rings. The van der Waals surface area contributed by atoms with Crippen molar-refractivity contribution in [2.45, 2.75) is 32.4 Å². The SMILES string of the molecule is Cc1ccc(C)c(C(=O)CC2(O)C(=O)N(Cc3ccccc3Cl)c3ccccc32)c1. The Kier molecular flexibility index (Phi) is 5.22. The number of ketones is 1. The van der Waals surface area contributed by atoms with Crippen molar-refractivity contribution in [2.24, 2.45) is 0 Å². The number of aryl methyl sites for hydroxylation is 2. The summed E-state index contributed by atoms with van der Waals surface area (Å²) in [5, 5.41) is 12.0. The third-order valence-electron chi connectivity index (χ3n) is 5.64. The largest absolute Gasteiger partial charge is 0.375 e. The molecule has 1 amide bonds. The van der Waals surface area contributed by atoms with Gasteiger partial charge in [0.25, 0.3) is 5.91 Å². The van der Waals surface area contributed by atoms with Crippen molar-refractivity contribution < 1.29 is 14.7 Å². The molecule has 1 atom stereocenters. The second-order valence-electron chi connectivity index (χ2n) is 7.78. The summed E-state index contributed by atoms with van der Waals surface area (Å²) in [4.78, 5) is 28.0. The molecule has 1 aliphatic heterocycles. The Bertz CT molecular complexity index is 1160. The summed E-state index contributed by atoms with van der Waals surface area (Å²) in [6.07, 6.45) is -0.313. The van der Waals surface area contributed by atoms with E-state index in [9.17, 15) is 14.7 Å². The van der Waals surface area contributed by atoms with Crippen LogP contribution in [-0.4, -0.2) is 16.8 Å². The maximum Gasteiger partial charge on any atom is 0.264 e. The monoisotopic (exact) mass is 419 g/mol. The van der Waals surface area contributed by atoms with Crippen LogP contribution in [0.1, 0.15) is 39.0 Å². The average molecular weight is 420 g/mol. The number of para-hydroxylation sites is 1. The number of benzene rings is 3. The van der Waals surface area contributed by atoms with Gasteiger partial charge in [0.1, 0.15) is 0 Å². The number of anilines is 1. The maximum absolute atomic E-state index is 13.4. The third kappa shape index (κ3) is 3.42. The van der Waals surface area contributed by atoms with Crippen LogP contribution >= 0.6 is 11.6 Å². The summed E-state index contributed by atoms with van der Waals surface area (Å²) in [5.74, 6) is -0.774. The van der Waals surface area contributed by atoms with Crippen molar-refractivity contribution in [3.8, 4) is 0 Å². The number of fused-ring (bicyclic) bond motifs is 1. The van der Waals surface area contributed by atoms with E-state index >= 15 is 0 Å². The number of halogens is 1. The van der Waals surface area contributed by atoms with Gasteiger partial charge in [0, 0.05) is 16.1 Å². The quantitative estimate of drug-likeness (QED) is 0.594. The van der Waals surface area contributed by atoms with Crippen LogP contribution in [0.5, 0.6) is 0 Å². The Balaban J connectivity index is 1.71. The van der Waals surface area contributed by atoms with Crippen LogP contribution in [0.25, 0.3) is 0 Å². The first kappa shape index (κ1) is 20.3. The summed E-state index contributed by atoms with van der Waals surface area (Å²) in [5.41, 5.74) is 2.20. The fourth-order valence-electron chi connectivity index (χ4n) is 4.00. The normalized spacial score (nSPS) is 17.9. The predicted molar refractivity (Wildman–Crippen MR) is 118 cm³/mol. The second-order valence-corrected chi connectivity index (χ2v) is 8.19. The van der Waals surface area contributed by atoms with Gasteiger partial charge >= 0.3 is 0 Å². The molecule has 0 saturated heterocycles. The number of nitrogens with zero attached hydrogens (tertiary/aromatic N) is 1. The number of aliphatic hydroxyl groups is 1. The van der Waals surface area contributed by atoms with Crippen LogP contribution in [0, 0.1) is 13.8 Å². The minimum Gasteiger partial charge on any atom is -0.375 e. The lowest BCUT2D eigenvalue weighted by atomic mass is 9.87. The Hall–Kier alpha value is -2.95. The van der Waals surface area contributed by atoms with Crippen molar-refractivity contribution in [2.75, 3.05) is 4.90 Å². The smallest absolute Gasteiger partial charge is 0.264 e. The van der Waals surface area contributed by atoms with Crippen molar-refractivity contribution in [1.29, 1.82) is 0 Å². The van der Waals surface area contributed by atoms with Gasteiger partial charge in [-0.25, -0.2) is 0 Å². The maximum atomic E-state index is 13.4. The van der Waals surface area contributed by atoms with Gasteiger partial charge in [-0.3, -0.25) is 9.59 Å². The second kappa shape index (κ2) is 7.71. The molecule has 0 aromatic heterocycles. The molecule has 0 radical (unpaired) electrons. The van der Waals surface area contributed by atoms with E-state index in [-0.39, 0.29) is 18.7 Å². The number of hydrogen-bond donors (Lipinski definition) is 1. The summed E-state index contributed by atoms with van der Waals surface area (Å²) in [6.45, 7) is 3.98. The molecule has 3 aromatic carbocycles. The van der Waals surface area contributed by atoms with Gasteiger partial charge in [0.15, 0.2) is 11.4 Å². The van der Waals surface area contributed by atoms with Crippen LogP contribution in [0.2, 0.25) is 5.02 Å². The van der Waals surface area contributed by atoms with E-state index in [4.69, 9.17) is 11.6 Å². The zero-order chi connectivity index (χ0) is 21.5. The van der Waals surface area contributed by atoms with E-state index in [2.05, 4.69) is 0 Å². The first-order chi connectivity index (χ1) is 14.3. The lowest BCUT2D eigenvalue weighted by Crippen LogP contribution is -2.41. The van der Waals surface area contributed by atoms with E-state index in [0.29, 0.717) is 21.8 Å². The molecule has 3 aromatic rings. The molecular formula is C25H22ClNO3. The number of amides is 1. The minimum absolute atomic E-state index is 0.218. The predicted octanol–water partition coefficient (Wildman–Crippen LogP) is 4.96. The highest BCUT2D eigenvalue weighted by atomic mass is 35.5. The van der Waals surface area contributed by atoms with Crippen LogP contribution in [0.15, 0.2) is 66.7 Å². The van der Waals surface area contributed by atoms with Crippen molar-refractivity contribution >= 4 is 29.0 Å². The van der Waals surface area contributed by atoms with Crippen LogP contribution in [0.4, 0.5) is 5.69 Å². The number of carbonyl (C=O) groups is 2. The Labute approximate surface area is 180 Å². The molecule has 152 valence electrons. The van der Waals surface area contributed by atoms with Gasteiger partial charge in [0.2, 0.25) is 0 Å². The van der Waals surface area contributed by atoms with Crippen molar-refractivity contribution in [1.82, 2.24) is 0 Å². The molecule has 0 saturated carbocycles. The molecule has 1 heterocycles. The first-order valence-corrected chi connectivity index (χ1v) is 10.2. The molecule has 4 rings (SSSR count). The van der Waals surface area contributed by atoms with Gasteiger partial charge in [-0.15, -0.1) is 0 Å². The third-order valence-corrected chi connectivity index (χ3v) is 6.00. The fraction of sp³-hybridized carbons (Fsp3) is 0.200. The van der Waals surface area contributed by atoms with E-state index in [1.807, 2.05) is 50.2 Å². The lowest BCUT2D eigenvalue weighted by Gasteiger charge is -2.23. The van der Waals surface area contributed by atoms with Gasteiger partial charge in [-0.05, 0) is 43.2 Å². The fourth-order valence-corrected chi connectivity index (χ4v) is 4.19. The highest BCUT2D eigenvalue weighted by Crippen LogP contribution is 2.44. The van der Waals surface area contributed by atoms with Gasteiger partial charge < -0.3 is 10.0 Å². The first-order valence-electron chi connectivity index (χ1n) is 9.79. The van der Waals surface area contributed by atoms with Crippen LogP contribution in [-0.2, 0) is 16.9 Å². The van der Waals surface area contributed by atoms with E-state index in [0.717, 1.165) is 16.7 Å². The number of rotatable bonds is 5. The molecule has 4 nitrogen and oxygen atoms in total. The summed E-state index contributed by atoms with van der Waals surface area (Å²) < 4.78 is 0. The summed E-state index contributed by atoms with van der Waals surface area (Å²) in [7, 11) is 0. The molecule has 30 heavy (non-hydrogen) atoms. The molecule has 0 bridgehead atoms. The topological polar surface area (TPSA) is 57.6 Å². The number of carbonyl (C=O) groups excluding carboxylic acids is 2. The Morgan fingerprint density at radius 1 is 1.03 bits per heavy atom. The van der Waals surface area contributed by atoms with E-state index in [1.54, 1.807) is 30.3 Å². The molecule has 1 unspecified atom stereocenters. The van der Waals surface area contributed by atoms with Gasteiger partial charge in [-0.2, -0.15) is 0 Å². The summed E-state index contributed by atoms with van der Waals surface area (Å²) >= 11 is 6.29. The standard InChI is InChI=1S/C25H22ClNO3/c1-16-11-12-17(2)19(13-16)23(28)14-25(30)20-8-4-6-10-22(20)27(24(25)29)15-18-7-3-5-9-21(18)26/h3-13,30H,14-15H2,1-2H3. The van der Waals surface area contributed by atoms with Crippen molar-refractivity contribution in [3.63, 3.8) is 0 Å². The van der Waals surface area contributed by atoms with Gasteiger partial charge in [0.05, 0.1) is 18.7 Å². The molecule has 5 heteroatoms. The van der Waals surface area contributed by atoms with Crippen LogP contribution in [0.3, 0.4) is 0 Å².